The van der Waals surface area contributed by atoms with E-state index >= 15 is 0 Å². The molecular formula is C11H15N3O3. The Morgan fingerprint density at radius 1 is 1.65 bits per heavy atom. The van der Waals surface area contributed by atoms with Crippen molar-refractivity contribution in [3.05, 3.63) is 22.1 Å². The van der Waals surface area contributed by atoms with Gasteiger partial charge in [-0.25, -0.2) is 4.98 Å². The average molecular weight is 237 g/mol. The van der Waals surface area contributed by atoms with Gasteiger partial charge in [-0.05, 0) is 19.8 Å². The van der Waals surface area contributed by atoms with Crippen LogP contribution in [0, 0.1) is 12.8 Å². The monoisotopic (exact) mass is 237 g/mol. The summed E-state index contributed by atoms with van der Waals surface area (Å²) in [6.45, 7) is 2.88. The first-order valence-corrected chi connectivity index (χ1v) is 5.62. The Morgan fingerprint density at radius 3 is 3.06 bits per heavy atom. The van der Waals surface area contributed by atoms with E-state index in [1.165, 1.54) is 6.07 Å². The molecule has 6 nitrogen and oxygen atoms in total. The molecule has 0 amide bonds. The second-order valence-electron chi connectivity index (χ2n) is 4.33. The van der Waals surface area contributed by atoms with Crippen molar-refractivity contribution in [3.63, 3.8) is 0 Å². The number of anilines is 1. The molecule has 2 heterocycles. The number of hydrogen-bond donors (Lipinski definition) is 2. The maximum Gasteiger partial charge on any atom is 0.308 e. The van der Waals surface area contributed by atoms with Crippen LogP contribution in [0.2, 0.25) is 0 Å². The quantitative estimate of drug-likeness (QED) is 0.776. The van der Waals surface area contributed by atoms with Crippen LogP contribution in [0.5, 0.6) is 0 Å². The number of rotatable bonds is 2. The number of nitrogens with zero attached hydrogens (tertiary/aromatic N) is 2. The molecule has 1 fully saturated rings. The van der Waals surface area contributed by atoms with Crippen molar-refractivity contribution < 1.29 is 9.90 Å². The molecule has 1 unspecified atom stereocenters. The molecule has 0 aliphatic carbocycles. The van der Waals surface area contributed by atoms with Gasteiger partial charge >= 0.3 is 5.97 Å². The van der Waals surface area contributed by atoms with Gasteiger partial charge in [0, 0.05) is 24.8 Å². The third-order valence-electron chi connectivity index (χ3n) is 2.93. The van der Waals surface area contributed by atoms with Crippen LogP contribution in [0.3, 0.4) is 0 Å². The zero-order valence-corrected chi connectivity index (χ0v) is 9.64. The fourth-order valence-electron chi connectivity index (χ4n) is 2.08. The number of carbonyl (C=O) groups is 1. The van der Waals surface area contributed by atoms with E-state index in [1.54, 1.807) is 6.92 Å². The number of hydrogen-bond acceptors (Lipinski definition) is 4. The molecule has 0 spiro atoms. The Morgan fingerprint density at radius 2 is 2.41 bits per heavy atom. The first-order valence-electron chi connectivity index (χ1n) is 5.62. The SMILES string of the molecule is Cc1cc(=O)[nH]c(N2CCCC(C(=O)O)C2)n1. The van der Waals surface area contributed by atoms with E-state index in [0.29, 0.717) is 24.6 Å². The molecule has 1 saturated heterocycles. The molecule has 1 atom stereocenters. The van der Waals surface area contributed by atoms with Gasteiger partial charge in [-0.3, -0.25) is 14.6 Å². The third-order valence-corrected chi connectivity index (χ3v) is 2.93. The lowest BCUT2D eigenvalue weighted by atomic mass is 9.99. The molecule has 6 heteroatoms. The highest BCUT2D eigenvalue weighted by Gasteiger charge is 2.26. The van der Waals surface area contributed by atoms with E-state index in [4.69, 9.17) is 5.11 Å². The zero-order chi connectivity index (χ0) is 12.4. The van der Waals surface area contributed by atoms with Crippen LogP contribution in [0.15, 0.2) is 10.9 Å². The van der Waals surface area contributed by atoms with Crippen LogP contribution in [-0.2, 0) is 4.79 Å². The number of aryl methyl sites for hydroxylation is 1. The van der Waals surface area contributed by atoms with Crippen molar-refractivity contribution in [1.29, 1.82) is 0 Å². The number of aromatic nitrogens is 2. The molecule has 0 bridgehead atoms. The highest BCUT2D eigenvalue weighted by atomic mass is 16.4. The van der Waals surface area contributed by atoms with Gasteiger partial charge in [0.05, 0.1) is 5.92 Å². The van der Waals surface area contributed by atoms with Gasteiger partial charge in [-0.15, -0.1) is 0 Å². The van der Waals surface area contributed by atoms with Gasteiger partial charge in [0.15, 0.2) is 0 Å². The van der Waals surface area contributed by atoms with Crippen molar-refractivity contribution in [2.24, 2.45) is 5.92 Å². The first kappa shape index (κ1) is 11.6. The summed E-state index contributed by atoms with van der Waals surface area (Å²) in [7, 11) is 0. The van der Waals surface area contributed by atoms with E-state index in [1.807, 2.05) is 4.90 Å². The number of aromatic amines is 1. The molecule has 1 aromatic rings. The smallest absolute Gasteiger partial charge is 0.308 e. The Bertz CT molecular complexity index is 483. The van der Waals surface area contributed by atoms with Crippen molar-refractivity contribution in [2.75, 3.05) is 18.0 Å². The standard InChI is InChI=1S/C11H15N3O3/c1-7-5-9(15)13-11(12-7)14-4-2-3-8(6-14)10(16)17/h5,8H,2-4,6H2,1H3,(H,16,17)(H,12,13,15). The number of H-pyrrole nitrogens is 1. The summed E-state index contributed by atoms with van der Waals surface area (Å²) in [5.74, 6) is -0.694. The van der Waals surface area contributed by atoms with Crippen LogP contribution in [-0.4, -0.2) is 34.1 Å². The van der Waals surface area contributed by atoms with Crippen molar-refractivity contribution in [3.8, 4) is 0 Å². The maximum absolute atomic E-state index is 11.3. The Labute approximate surface area is 98.3 Å². The molecule has 92 valence electrons. The second kappa shape index (κ2) is 4.57. The van der Waals surface area contributed by atoms with E-state index < -0.39 is 5.97 Å². The summed E-state index contributed by atoms with van der Waals surface area (Å²) in [6.07, 6.45) is 1.48. The second-order valence-corrected chi connectivity index (χ2v) is 4.33. The van der Waals surface area contributed by atoms with E-state index in [2.05, 4.69) is 9.97 Å². The van der Waals surface area contributed by atoms with Gasteiger partial charge < -0.3 is 10.0 Å². The molecule has 0 saturated carbocycles. The van der Waals surface area contributed by atoms with Crippen LogP contribution in [0.25, 0.3) is 0 Å². The number of carboxylic acids is 1. The summed E-state index contributed by atoms with van der Waals surface area (Å²) < 4.78 is 0. The minimum absolute atomic E-state index is 0.204. The van der Waals surface area contributed by atoms with E-state index in [0.717, 1.165) is 13.0 Å². The molecule has 1 aliphatic heterocycles. The summed E-state index contributed by atoms with van der Waals surface area (Å²) in [6, 6.07) is 1.42. The maximum atomic E-state index is 11.3. The molecule has 1 aromatic heterocycles. The first-order chi connectivity index (χ1) is 8.06. The fourth-order valence-corrected chi connectivity index (χ4v) is 2.08. The highest BCUT2D eigenvalue weighted by molar-refractivity contribution is 5.71. The molecule has 0 radical (unpaired) electrons. The topological polar surface area (TPSA) is 86.3 Å². The van der Waals surface area contributed by atoms with E-state index in [-0.39, 0.29) is 11.5 Å². The lowest BCUT2D eigenvalue weighted by Crippen LogP contribution is -2.40. The van der Waals surface area contributed by atoms with Crippen LogP contribution < -0.4 is 10.5 Å². The minimum Gasteiger partial charge on any atom is -0.481 e. The average Bonchev–Trinajstić information content (AvgIpc) is 2.28. The lowest BCUT2D eigenvalue weighted by Gasteiger charge is -2.31. The van der Waals surface area contributed by atoms with Crippen LogP contribution >= 0.6 is 0 Å². The minimum atomic E-state index is -0.787. The van der Waals surface area contributed by atoms with Gasteiger partial charge in [-0.1, -0.05) is 0 Å². The van der Waals surface area contributed by atoms with Crippen molar-refractivity contribution >= 4 is 11.9 Å². The van der Waals surface area contributed by atoms with E-state index in [9.17, 15) is 9.59 Å². The normalized spacial score (nSPS) is 20.3. The van der Waals surface area contributed by atoms with Crippen molar-refractivity contribution in [1.82, 2.24) is 9.97 Å². The molecule has 2 N–H and O–H groups in total. The number of aliphatic carboxylic acids is 1. The third kappa shape index (κ3) is 2.64. The zero-order valence-electron chi connectivity index (χ0n) is 9.64. The Kier molecular flexibility index (Phi) is 3.12. The summed E-state index contributed by atoms with van der Waals surface area (Å²) >= 11 is 0. The van der Waals surface area contributed by atoms with Crippen LogP contribution in [0.1, 0.15) is 18.5 Å². The van der Waals surface area contributed by atoms with Gasteiger partial charge in [0.25, 0.3) is 5.56 Å². The highest BCUT2D eigenvalue weighted by Crippen LogP contribution is 2.19. The van der Waals surface area contributed by atoms with Gasteiger partial charge in [0.2, 0.25) is 5.95 Å². The van der Waals surface area contributed by atoms with Crippen LogP contribution in [0.4, 0.5) is 5.95 Å². The largest absolute Gasteiger partial charge is 0.481 e. The summed E-state index contributed by atoms with van der Waals surface area (Å²) in [5.41, 5.74) is 0.436. The molecule has 2 rings (SSSR count). The molecule has 1 aliphatic rings. The number of piperidine rings is 1. The van der Waals surface area contributed by atoms with Crippen molar-refractivity contribution in [2.45, 2.75) is 19.8 Å². The fraction of sp³-hybridized carbons (Fsp3) is 0.545. The number of nitrogens with one attached hydrogen (secondary N) is 1. The molecule has 0 aromatic carbocycles. The predicted molar refractivity (Wildman–Crippen MR) is 62.2 cm³/mol. The summed E-state index contributed by atoms with van der Waals surface area (Å²) in [4.78, 5) is 31.0. The Hall–Kier alpha value is -1.85. The lowest BCUT2D eigenvalue weighted by molar-refractivity contribution is -0.141. The van der Waals surface area contributed by atoms with Gasteiger partial charge in [-0.2, -0.15) is 0 Å². The predicted octanol–water partition coefficient (Wildman–Crippen LogP) is 0.379. The number of carboxylic acid groups (broad SMARTS) is 1. The molecular weight excluding hydrogens is 222 g/mol. The Balaban J connectivity index is 2.21. The molecule has 17 heavy (non-hydrogen) atoms. The summed E-state index contributed by atoms with van der Waals surface area (Å²) in [5, 5.41) is 8.99. The van der Waals surface area contributed by atoms with Gasteiger partial charge in [0.1, 0.15) is 0 Å².